The number of hydrogen-bond donors (Lipinski definition) is 1. The number of rotatable bonds is 6. The number of likely N-dealkylation sites (tertiary alicyclic amines) is 1. The van der Waals surface area contributed by atoms with Gasteiger partial charge in [0.1, 0.15) is 23.6 Å². The number of urea groups is 1. The van der Waals surface area contributed by atoms with Gasteiger partial charge in [0, 0.05) is 12.1 Å². The number of benzene rings is 3. The Morgan fingerprint density at radius 1 is 1.06 bits per heavy atom. The number of carbonyl (C=O) groups excluding carboxylic acids is 3. The molecule has 2 atom stereocenters. The number of nitrogens with zero attached hydrogens (tertiary/aromatic N) is 2. The van der Waals surface area contributed by atoms with Crippen LogP contribution in [0, 0.1) is 0 Å². The Bertz CT molecular complexity index is 1350. The minimum Gasteiger partial charge on any atom is -0.497 e. The summed E-state index contributed by atoms with van der Waals surface area (Å²) in [6, 6.07) is 18.1. The van der Waals surface area contributed by atoms with E-state index in [9.17, 15) is 14.4 Å². The minimum absolute atomic E-state index is 0.229. The number of methoxy groups -OCH3 is 2. The predicted octanol–water partition coefficient (Wildman–Crippen LogP) is 3.99. The number of fused-ring (bicyclic) bond motifs is 1. The Hall–Kier alpha value is -4.07. The van der Waals surface area contributed by atoms with E-state index in [0.717, 1.165) is 34.1 Å². The van der Waals surface area contributed by atoms with Gasteiger partial charge in [-0.3, -0.25) is 14.5 Å². The van der Waals surface area contributed by atoms with Crippen LogP contribution >= 0.6 is 0 Å². The largest absolute Gasteiger partial charge is 0.497 e. The summed E-state index contributed by atoms with van der Waals surface area (Å²) in [7, 11) is 3.18. The number of imide groups is 1. The van der Waals surface area contributed by atoms with Crippen LogP contribution in [0.3, 0.4) is 0 Å². The number of nitrogens with one attached hydrogen (secondary N) is 1. The SMILES string of the molecule is COc1ccc(OC)c(C2CCCN2C(=O)CN2C(=O)NC(C)(c3cccc4ccccc34)C2=O)c1. The van der Waals surface area contributed by atoms with Crippen molar-refractivity contribution in [3.8, 4) is 11.5 Å². The Morgan fingerprint density at radius 3 is 2.61 bits per heavy atom. The lowest BCUT2D eigenvalue weighted by atomic mass is 9.88. The molecule has 2 fully saturated rings. The van der Waals surface area contributed by atoms with Gasteiger partial charge < -0.3 is 19.7 Å². The lowest BCUT2D eigenvalue weighted by molar-refractivity contribution is -0.139. The molecule has 5 rings (SSSR count). The molecule has 2 saturated heterocycles. The molecule has 0 bridgehead atoms. The van der Waals surface area contributed by atoms with Gasteiger partial charge >= 0.3 is 6.03 Å². The van der Waals surface area contributed by atoms with E-state index in [1.54, 1.807) is 26.0 Å². The molecule has 0 aromatic heterocycles. The fraction of sp³-hybridized carbons (Fsp3) is 0.321. The van der Waals surface area contributed by atoms with E-state index in [4.69, 9.17) is 9.47 Å². The molecule has 8 nitrogen and oxygen atoms in total. The predicted molar refractivity (Wildman–Crippen MR) is 135 cm³/mol. The van der Waals surface area contributed by atoms with Gasteiger partial charge in [0.15, 0.2) is 0 Å². The molecule has 0 spiro atoms. The third-order valence-corrected chi connectivity index (χ3v) is 7.27. The minimum atomic E-state index is -1.27. The molecular weight excluding hydrogens is 458 g/mol. The zero-order valence-corrected chi connectivity index (χ0v) is 20.6. The lowest BCUT2D eigenvalue weighted by Gasteiger charge is -2.28. The van der Waals surface area contributed by atoms with Crippen molar-refractivity contribution in [3.05, 3.63) is 71.8 Å². The molecule has 0 saturated carbocycles. The maximum atomic E-state index is 13.6. The van der Waals surface area contributed by atoms with Crippen LogP contribution in [-0.2, 0) is 15.1 Å². The third kappa shape index (κ3) is 3.82. The van der Waals surface area contributed by atoms with Crippen LogP contribution in [0.4, 0.5) is 4.79 Å². The van der Waals surface area contributed by atoms with Crippen molar-refractivity contribution in [2.45, 2.75) is 31.3 Å². The zero-order valence-electron chi connectivity index (χ0n) is 20.6. The molecule has 2 heterocycles. The molecule has 2 unspecified atom stereocenters. The second-order valence-electron chi connectivity index (χ2n) is 9.33. The summed E-state index contributed by atoms with van der Waals surface area (Å²) in [5.41, 5.74) is 0.285. The summed E-state index contributed by atoms with van der Waals surface area (Å²) in [6.07, 6.45) is 1.56. The summed E-state index contributed by atoms with van der Waals surface area (Å²) in [6.45, 7) is 1.90. The molecule has 0 radical (unpaired) electrons. The van der Waals surface area contributed by atoms with E-state index in [2.05, 4.69) is 5.32 Å². The highest BCUT2D eigenvalue weighted by atomic mass is 16.5. The van der Waals surface area contributed by atoms with Crippen molar-refractivity contribution in [2.24, 2.45) is 0 Å². The number of amides is 4. The van der Waals surface area contributed by atoms with Gasteiger partial charge in [-0.1, -0.05) is 42.5 Å². The van der Waals surface area contributed by atoms with E-state index in [1.807, 2.05) is 60.7 Å². The van der Waals surface area contributed by atoms with Crippen LogP contribution in [0.2, 0.25) is 0 Å². The second kappa shape index (κ2) is 9.18. The quantitative estimate of drug-likeness (QED) is 0.532. The van der Waals surface area contributed by atoms with Crippen LogP contribution in [0.5, 0.6) is 11.5 Å². The first kappa shape index (κ1) is 23.7. The standard InChI is InChI=1S/C28H29N3O5/c1-28(22-11-6-9-18-8-4-5-10-20(18)22)26(33)31(27(34)29-28)17-25(32)30-15-7-12-23(30)21-16-19(35-2)13-14-24(21)36-3/h4-6,8-11,13-14,16,23H,7,12,15,17H2,1-3H3,(H,29,34). The lowest BCUT2D eigenvalue weighted by Crippen LogP contribution is -2.44. The Kier molecular flexibility index (Phi) is 6.04. The normalized spacial score (nSPS) is 21.7. The first-order chi connectivity index (χ1) is 17.4. The fourth-order valence-electron chi connectivity index (χ4n) is 5.40. The van der Waals surface area contributed by atoms with Gasteiger partial charge in [-0.25, -0.2) is 4.79 Å². The van der Waals surface area contributed by atoms with Crippen LogP contribution < -0.4 is 14.8 Å². The summed E-state index contributed by atoms with van der Waals surface area (Å²) in [5.74, 6) is 0.615. The second-order valence-corrected chi connectivity index (χ2v) is 9.33. The van der Waals surface area contributed by atoms with Gasteiger partial charge in [0.2, 0.25) is 5.91 Å². The number of ether oxygens (including phenoxy) is 2. The van der Waals surface area contributed by atoms with Crippen molar-refractivity contribution in [1.82, 2.24) is 15.1 Å². The van der Waals surface area contributed by atoms with Crippen molar-refractivity contribution in [1.29, 1.82) is 0 Å². The van der Waals surface area contributed by atoms with Gasteiger partial charge in [0.05, 0.1) is 20.3 Å². The third-order valence-electron chi connectivity index (χ3n) is 7.27. The van der Waals surface area contributed by atoms with Crippen LogP contribution in [0.25, 0.3) is 10.8 Å². The number of carbonyl (C=O) groups is 3. The Morgan fingerprint density at radius 2 is 1.83 bits per heavy atom. The topological polar surface area (TPSA) is 88.2 Å². The Balaban J connectivity index is 1.40. The fourth-order valence-corrected chi connectivity index (χ4v) is 5.40. The molecule has 2 aliphatic rings. The smallest absolute Gasteiger partial charge is 0.325 e. The van der Waals surface area contributed by atoms with Gasteiger partial charge in [-0.2, -0.15) is 0 Å². The Labute approximate surface area is 209 Å². The summed E-state index contributed by atoms with van der Waals surface area (Å²) >= 11 is 0. The molecule has 4 amide bonds. The molecule has 8 heteroatoms. The van der Waals surface area contributed by atoms with Crippen LogP contribution in [0.1, 0.15) is 36.9 Å². The van der Waals surface area contributed by atoms with Crippen LogP contribution in [0.15, 0.2) is 60.7 Å². The average Bonchev–Trinajstić information content (AvgIpc) is 3.47. The molecule has 0 aliphatic carbocycles. The number of hydrogen-bond acceptors (Lipinski definition) is 5. The molecule has 1 N–H and O–H groups in total. The van der Waals surface area contributed by atoms with Crippen molar-refractivity contribution in [2.75, 3.05) is 27.3 Å². The highest BCUT2D eigenvalue weighted by Crippen LogP contribution is 2.39. The van der Waals surface area contributed by atoms with Gasteiger partial charge in [0.25, 0.3) is 5.91 Å². The van der Waals surface area contributed by atoms with Crippen molar-refractivity contribution >= 4 is 28.6 Å². The molecule has 2 aliphatic heterocycles. The molecule has 36 heavy (non-hydrogen) atoms. The van der Waals surface area contributed by atoms with E-state index < -0.39 is 17.5 Å². The molecule has 186 valence electrons. The highest BCUT2D eigenvalue weighted by molar-refractivity contribution is 6.10. The molecule has 3 aromatic rings. The molecular formula is C28H29N3O5. The zero-order chi connectivity index (χ0) is 25.4. The van der Waals surface area contributed by atoms with Crippen molar-refractivity contribution < 1.29 is 23.9 Å². The summed E-state index contributed by atoms with van der Waals surface area (Å²) in [5, 5.41) is 4.70. The first-order valence-corrected chi connectivity index (χ1v) is 12.0. The first-order valence-electron chi connectivity index (χ1n) is 12.0. The highest BCUT2D eigenvalue weighted by Gasteiger charge is 2.50. The maximum Gasteiger partial charge on any atom is 0.325 e. The monoisotopic (exact) mass is 487 g/mol. The van der Waals surface area contributed by atoms with Gasteiger partial charge in [-0.05, 0) is 54.3 Å². The summed E-state index contributed by atoms with van der Waals surface area (Å²) in [4.78, 5) is 42.8. The maximum absolute atomic E-state index is 13.6. The average molecular weight is 488 g/mol. The van der Waals surface area contributed by atoms with E-state index in [1.165, 1.54) is 0 Å². The summed E-state index contributed by atoms with van der Waals surface area (Å²) < 4.78 is 10.9. The van der Waals surface area contributed by atoms with E-state index in [0.29, 0.717) is 23.6 Å². The van der Waals surface area contributed by atoms with Crippen molar-refractivity contribution in [3.63, 3.8) is 0 Å². The van der Waals surface area contributed by atoms with Gasteiger partial charge in [-0.15, -0.1) is 0 Å². The van der Waals surface area contributed by atoms with Crippen LogP contribution in [-0.4, -0.2) is 55.0 Å². The van der Waals surface area contributed by atoms with E-state index in [-0.39, 0.29) is 18.5 Å². The van der Waals surface area contributed by atoms with E-state index >= 15 is 0 Å². The molecule has 3 aromatic carbocycles.